The van der Waals surface area contributed by atoms with Gasteiger partial charge in [-0.2, -0.15) is 0 Å². The summed E-state index contributed by atoms with van der Waals surface area (Å²) in [7, 11) is -3.41. The Hall–Kier alpha value is -1.15. The number of nitrogens with one attached hydrogen (secondary N) is 1. The lowest BCUT2D eigenvalue weighted by Gasteiger charge is -2.20. The van der Waals surface area contributed by atoms with Crippen molar-refractivity contribution < 1.29 is 42.0 Å². The molecule has 0 aliphatic rings. The van der Waals surface area contributed by atoms with Gasteiger partial charge in [-0.25, -0.2) is 13.1 Å². The fourth-order valence-electron chi connectivity index (χ4n) is 2.89. The van der Waals surface area contributed by atoms with E-state index in [0.717, 1.165) is 37.7 Å². The Bertz CT molecular complexity index is 1460. The zero-order valence-electron chi connectivity index (χ0n) is 39.8. The highest BCUT2D eigenvalue weighted by Gasteiger charge is 2.21. The lowest BCUT2D eigenvalue weighted by atomic mass is 10.0. The van der Waals surface area contributed by atoms with Crippen LogP contribution in [0.5, 0.6) is 0 Å². The van der Waals surface area contributed by atoms with Crippen molar-refractivity contribution in [2.24, 2.45) is 23.7 Å². The monoisotopic (exact) mass is 1040 g/mol. The number of rotatable bonds is 16. The summed E-state index contributed by atoms with van der Waals surface area (Å²) in [5.41, 5.74) is 0.676. The van der Waals surface area contributed by atoms with Gasteiger partial charge in [-0.05, 0) is 163 Å². The Labute approximate surface area is 410 Å². The summed E-state index contributed by atoms with van der Waals surface area (Å²) in [6.07, 6.45) is 6.58. The maximum atomic E-state index is 12.0. The lowest BCUT2D eigenvalue weighted by molar-refractivity contribution is -0.115. The number of carbonyl (C=O) groups excluding carboxylic acids is 7. The van der Waals surface area contributed by atoms with Gasteiger partial charge in [-0.3, -0.25) is 33.6 Å². The normalized spacial score (nSPS) is 10.6. The first-order valence-corrected chi connectivity index (χ1v) is 24.5. The second-order valence-electron chi connectivity index (χ2n) is 15.9. The molecule has 0 fully saturated rings. The summed E-state index contributed by atoms with van der Waals surface area (Å²) in [5, 5.41) is -1.79. The van der Waals surface area contributed by atoms with Crippen molar-refractivity contribution in [2.75, 3.05) is 0 Å². The molecular formula is C44H76Cl7NO9S. The van der Waals surface area contributed by atoms with Crippen LogP contribution in [0.1, 0.15) is 180 Å². The molecule has 1 atom stereocenters. The van der Waals surface area contributed by atoms with E-state index in [-0.39, 0.29) is 48.5 Å². The van der Waals surface area contributed by atoms with E-state index in [4.69, 9.17) is 69.6 Å². The van der Waals surface area contributed by atoms with E-state index in [1.54, 1.807) is 26.0 Å². The molecule has 1 unspecified atom stereocenters. The van der Waals surface area contributed by atoms with Crippen LogP contribution in [0.2, 0.25) is 0 Å². The predicted octanol–water partition coefficient (Wildman–Crippen LogP) is 14.3. The summed E-state index contributed by atoms with van der Waals surface area (Å²) < 4.78 is 26.7. The molecule has 0 aliphatic heterocycles. The molecule has 0 aromatic heterocycles. The van der Waals surface area contributed by atoms with Gasteiger partial charge in [0.15, 0.2) is 0 Å². The van der Waals surface area contributed by atoms with Crippen molar-refractivity contribution in [2.45, 2.75) is 185 Å². The van der Waals surface area contributed by atoms with Crippen LogP contribution in [0.25, 0.3) is 0 Å². The van der Waals surface area contributed by atoms with Crippen molar-refractivity contribution in [3.8, 4) is 0 Å². The van der Waals surface area contributed by atoms with E-state index < -0.39 is 15.6 Å². The van der Waals surface area contributed by atoms with Gasteiger partial charge >= 0.3 is 0 Å². The molecule has 1 aromatic rings. The minimum Gasteiger partial charge on any atom is -0.282 e. The lowest BCUT2D eigenvalue weighted by Crippen LogP contribution is -2.40. The molecular weight excluding hydrogens is 967 g/mol. The molecule has 1 aromatic carbocycles. The van der Waals surface area contributed by atoms with Gasteiger partial charge in [0.2, 0.25) is 46.7 Å². The van der Waals surface area contributed by atoms with Gasteiger partial charge in [0.1, 0.15) is 0 Å². The van der Waals surface area contributed by atoms with Crippen LogP contribution in [-0.2, 0) is 43.6 Å². The predicted molar refractivity (Wildman–Crippen MR) is 265 cm³/mol. The number of hydrogen-bond acceptors (Lipinski definition) is 9. The molecule has 0 saturated carbocycles. The van der Waals surface area contributed by atoms with Crippen LogP contribution >= 0.6 is 81.2 Å². The molecule has 1 N–H and O–H groups in total. The van der Waals surface area contributed by atoms with Crippen LogP contribution in [0.4, 0.5) is 0 Å². The topological polar surface area (TPSA) is 166 Å². The van der Waals surface area contributed by atoms with Crippen molar-refractivity contribution in [3.05, 3.63) is 29.8 Å². The Kier molecular flexibility index (Phi) is 56.2. The van der Waals surface area contributed by atoms with Crippen LogP contribution in [0.3, 0.4) is 0 Å². The third-order valence-corrected chi connectivity index (χ3v) is 9.72. The first kappa shape index (κ1) is 75.2. The third-order valence-electron chi connectivity index (χ3n) is 6.41. The molecule has 18 heteroatoms. The van der Waals surface area contributed by atoms with E-state index in [1.807, 2.05) is 74.4 Å². The summed E-state index contributed by atoms with van der Waals surface area (Å²) >= 11 is 34.8. The summed E-state index contributed by atoms with van der Waals surface area (Å²) in [4.78, 5) is 69.5. The van der Waals surface area contributed by atoms with E-state index >= 15 is 0 Å². The second-order valence-corrected chi connectivity index (χ2v) is 20.6. The van der Waals surface area contributed by atoms with Crippen molar-refractivity contribution >= 4 is 128 Å². The zero-order valence-corrected chi connectivity index (χ0v) is 45.9. The van der Waals surface area contributed by atoms with Gasteiger partial charge in [-0.1, -0.05) is 102 Å². The summed E-state index contributed by atoms with van der Waals surface area (Å²) in [5.74, 6) is 1.39. The molecule has 0 bridgehead atoms. The Morgan fingerprint density at radius 3 is 1.11 bits per heavy atom. The largest absolute Gasteiger partial charge is 0.282 e. The Balaban J connectivity index is -0.000000117. The fourth-order valence-corrected chi connectivity index (χ4v) is 5.20. The van der Waals surface area contributed by atoms with E-state index in [2.05, 4.69) is 44.0 Å². The molecule has 1 rings (SSSR count). The standard InChI is InChI=1S/C13H21NO2S.C6H11ClO.3C5H9ClO.2C4H7ClO.C2H3ClO/c1-10(2)11-6-8-12(9-7-11)17(15,16)14-13(3,4)5;1-5(2)3-4-6(7)8;1-4(2)3-5(6)7;1-3-4(2)5(6)7;1-2-3-4-5(6)7;1-3(2)4(5)6;1-2-3-4(5)6;1-2(3)4/h6-10,14H,1-5H3;5H,3-4H2,1-2H3;2*4H,3H2,1-2H3;2-4H2,1H3;3H,1-2H3;2-3H2,1H3;1H3. The molecule has 0 aliphatic carbocycles. The van der Waals surface area contributed by atoms with Crippen molar-refractivity contribution in [1.29, 1.82) is 0 Å². The van der Waals surface area contributed by atoms with Crippen LogP contribution in [0, 0.1) is 23.7 Å². The highest BCUT2D eigenvalue weighted by atomic mass is 35.5. The average Bonchev–Trinajstić information content (AvgIpc) is 3.09. The first-order chi connectivity index (χ1) is 28.0. The number of halogens is 7. The minimum atomic E-state index is -3.41. The molecule has 0 amide bonds. The molecule has 0 spiro atoms. The highest BCUT2D eigenvalue weighted by Crippen LogP contribution is 2.18. The van der Waals surface area contributed by atoms with Gasteiger partial charge < -0.3 is 0 Å². The van der Waals surface area contributed by atoms with Crippen molar-refractivity contribution in [3.63, 3.8) is 0 Å². The number of unbranched alkanes of at least 4 members (excludes halogenated alkanes) is 1. The maximum absolute atomic E-state index is 12.0. The van der Waals surface area contributed by atoms with Gasteiger partial charge in [0.05, 0.1) is 4.90 Å². The molecule has 366 valence electrons. The first-order valence-electron chi connectivity index (χ1n) is 20.4. The van der Waals surface area contributed by atoms with E-state index in [9.17, 15) is 42.0 Å². The molecule has 62 heavy (non-hydrogen) atoms. The van der Waals surface area contributed by atoms with Crippen LogP contribution < -0.4 is 4.72 Å². The number of sulfonamides is 1. The average molecular weight is 1040 g/mol. The molecule has 0 radical (unpaired) electrons. The fraction of sp³-hybridized carbons (Fsp3) is 0.705. The highest BCUT2D eigenvalue weighted by molar-refractivity contribution is 7.89. The van der Waals surface area contributed by atoms with Crippen LogP contribution in [-0.4, -0.2) is 50.7 Å². The van der Waals surface area contributed by atoms with E-state index in [0.29, 0.717) is 48.3 Å². The van der Waals surface area contributed by atoms with Gasteiger partial charge in [0, 0.05) is 50.0 Å². The SMILES string of the molecule is CC(=O)Cl.CC(C)C(=O)Cl.CC(C)CC(=O)Cl.CC(C)CCC(=O)Cl.CC(C)c1ccc(S(=O)(=O)NC(C)(C)C)cc1.CCC(C)C(=O)Cl.CCCC(=O)Cl.CCCCC(=O)Cl. The van der Waals surface area contributed by atoms with E-state index in [1.165, 1.54) is 6.92 Å². The second kappa shape index (κ2) is 46.4. The van der Waals surface area contributed by atoms with Gasteiger partial charge in [0.25, 0.3) is 0 Å². The van der Waals surface area contributed by atoms with Crippen molar-refractivity contribution in [1.82, 2.24) is 4.72 Å². The Morgan fingerprint density at radius 2 is 0.984 bits per heavy atom. The molecule has 10 nitrogen and oxygen atoms in total. The zero-order chi connectivity index (χ0) is 51.0. The minimum absolute atomic E-state index is 0.0216. The van der Waals surface area contributed by atoms with Crippen LogP contribution in [0.15, 0.2) is 29.2 Å². The molecule has 0 heterocycles. The number of benzene rings is 1. The third kappa shape index (κ3) is 76.2. The maximum Gasteiger partial charge on any atom is 0.241 e. The summed E-state index contributed by atoms with van der Waals surface area (Å²) in [6.45, 7) is 30.2. The van der Waals surface area contributed by atoms with Gasteiger partial charge in [-0.15, -0.1) is 0 Å². The summed E-state index contributed by atoms with van der Waals surface area (Å²) in [6, 6.07) is 7.04. The number of hydrogen-bond donors (Lipinski definition) is 1. The smallest absolute Gasteiger partial charge is 0.241 e. The molecule has 0 saturated heterocycles. The Morgan fingerprint density at radius 1 is 0.597 bits per heavy atom. The number of carbonyl (C=O) groups is 7. The quantitative estimate of drug-likeness (QED) is 0.159.